The minimum atomic E-state index is -2.74. The van der Waals surface area contributed by atoms with Crippen LogP contribution in [0.5, 0.6) is 5.88 Å². The minimum absolute atomic E-state index is 0. The molecular formula is C28H39F2N7O4. The third kappa shape index (κ3) is 7.66. The predicted molar refractivity (Wildman–Crippen MR) is 151 cm³/mol. The molecule has 3 aromatic rings. The molecule has 4 heterocycles. The number of alkyl halides is 2. The average Bonchev–Trinajstić information content (AvgIpc) is 3.39. The molecule has 2 aliphatic heterocycles. The van der Waals surface area contributed by atoms with Gasteiger partial charge >= 0.3 is 0 Å². The van der Waals surface area contributed by atoms with Gasteiger partial charge in [-0.05, 0) is 37.8 Å². The average molecular weight is 576 g/mol. The first-order valence-electron chi connectivity index (χ1n) is 14.2. The van der Waals surface area contributed by atoms with E-state index in [2.05, 4.69) is 15.0 Å². The summed E-state index contributed by atoms with van der Waals surface area (Å²) in [7, 11) is 0. The number of carbonyl (C=O) groups excluding carboxylic acids is 1. The predicted octanol–water partition coefficient (Wildman–Crippen LogP) is 3.35. The number of ether oxygens (including phenoxy) is 3. The molecule has 41 heavy (non-hydrogen) atoms. The van der Waals surface area contributed by atoms with E-state index in [1.807, 2.05) is 9.80 Å². The van der Waals surface area contributed by atoms with Gasteiger partial charge in [-0.15, -0.1) is 0 Å². The number of anilines is 1. The number of amides is 1. The van der Waals surface area contributed by atoms with Crippen molar-refractivity contribution in [3.8, 4) is 11.7 Å². The number of hydrogen-bond donors (Lipinski definition) is 1. The summed E-state index contributed by atoms with van der Waals surface area (Å²) in [5, 5.41) is 0. The molecule has 0 unspecified atom stereocenters. The van der Waals surface area contributed by atoms with Crippen LogP contribution in [0.3, 0.4) is 0 Å². The lowest BCUT2D eigenvalue weighted by Crippen LogP contribution is -2.41. The van der Waals surface area contributed by atoms with E-state index >= 15 is 0 Å². The quantitative estimate of drug-likeness (QED) is 0.452. The van der Waals surface area contributed by atoms with Crippen LogP contribution in [0.4, 0.5) is 14.7 Å². The summed E-state index contributed by atoms with van der Waals surface area (Å²) >= 11 is 0. The van der Waals surface area contributed by atoms with Crippen LogP contribution in [0.25, 0.3) is 16.9 Å². The van der Waals surface area contributed by atoms with Crippen LogP contribution in [0.2, 0.25) is 0 Å². The van der Waals surface area contributed by atoms with Crippen molar-refractivity contribution in [2.24, 2.45) is 5.73 Å². The second-order valence-electron chi connectivity index (χ2n) is 10.3. The standard InChI is InChI=1S/C22H25F2N5O2.C6H12N2O2.H2/c23-20(24)21-25-16-8-4-5-9-17(16)29(21)18-14-19(31-15-6-2-1-3-7-15)27-22(26-18)28-10-12-30-13-11-28;7-6(9)5-8-1-3-10-4-2-8;/h4-5,8-9,14-15,20H,1-3,6-7,10-13H2;1-5H2,(H2,7,9);1H. The van der Waals surface area contributed by atoms with Crippen molar-refractivity contribution in [1.29, 1.82) is 0 Å². The monoisotopic (exact) mass is 575 g/mol. The SMILES string of the molecule is FC(F)c1nc2ccccc2n1-c1cc(OC2CCCCC2)nc(N2CCOCC2)n1.NC(=O)CN1CCOCC1.[HH]. The van der Waals surface area contributed by atoms with Crippen molar-refractivity contribution in [3.05, 3.63) is 36.2 Å². The Kier molecular flexibility index (Phi) is 9.91. The zero-order valence-corrected chi connectivity index (χ0v) is 23.1. The number of halogens is 2. The van der Waals surface area contributed by atoms with Crippen LogP contribution in [0.1, 0.15) is 45.8 Å². The molecule has 0 bridgehead atoms. The molecule has 11 nitrogen and oxygen atoms in total. The van der Waals surface area contributed by atoms with Crippen LogP contribution in [-0.4, -0.2) is 95.6 Å². The van der Waals surface area contributed by atoms with Crippen LogP contribution in [0, 0.1) is 0 Å². The Labute approximate surface area is 239 Å². The maximum Gasteiger partial charge on any atom is 0.296 e. The maximum absolute atomic E-state index is 13.9. The molecule has 6 rings (SSSR count). The number of fused-ring (bicyclic) bond motifs is 1. The first-order chi connectivity index (χ1) is 20.0. The molecule has 1 aliphatic carbocycles. The minimum Gasteiger partial charge on any atom is -0.474 e. The number of para-hydroxylation sites is 2. The van der Waals surface area contributed by atoms with E-state index in [4.69, 9.17) is 19.9 Å². The Morgan fingerprint density at radius 3 is 2.37 bits per heavy atom. The van der Waals surface area contributed by atoms with Crippen molar-refractivity contribution < 1.29 is 29.2 Å². The molecule has 3 aliphatic rings. The molecule has 1 saturated carbocycles. The fourth-order valence-electron chi connectivity index (χ4n) is 5.25. The number of primary amides is 1. The van der Waals surface area contributed by atoms with Gasteiger partial charge in [0.25, 0.3) is 6.43 Å². The Bertz CT molecular complexity index is 1300. The van der Waals surface area contributed by atoms with Gasteiger partial charge in [-0.2, -0.15) is 9.97 Å². The summed E-state index contributed by atoms with van der Waals surface area (Å²) < 4.78 is 45.9. The van der Waals surface area contributed by atoms with Crippen LogP contribution >= 0.6 is 0 Å². The molecule has 2 aromatic heterocycles. The van der Waals surface area contributed by atoms with Crippen LogP contribution in [-0.2, 0) is 14.3 Å². The molecule has 1 amide bonds. The molecule has 3 fully saturated rings. The maximum atomic E-state index is 13.9. The fraction of sp³-hybridized carbons (Fsp3) is 0.571. The number of hydrogen-bond acceptors (Lipinski definition) is 9. The zero-order valence-electron chi connectivity index (χ0n) is 23.1. The molecule has 13 heteroatoms. The number of rotatable bonds is 7. The zero-order chi connectivity index (χ0) is 28.6. The highest BCUT2D eigenvalue weighted by Crippen LogP contribution is 2.30. The summed E-state index contributed by atoms with van der Waals surface area (Å²) in [6.07, 6.45) is 2.76. The van der Waals surface area contributed by atoms with E-state index < -0.39 is 6.43 Å². The molecular weight excluding hydrogens is 536 g/mol. The third-order valence-electron chi connectivity index (χ3n) is 7.31. The largest absolute Gasteiger partial charge is 0.474 e. The molecule has 2 N–H and O–H groups in total. The van der Waals surface area contributed by atoms with Crippen LogP contribution < -0.4 is 15.4 Å². The van der Waals surface area contributed by atoms with Gasteiger partial charge in [0.1, 0.15) is 11.9 Å². The lowest BCUT2D eigenvalue weighted by molar-refractivity contribution is -0.120. The van der Waals surface area contributed by atoms with Gasteiger partial charge in [-0.3, -0.25) is 14.3 Å². The molecule has 1 aromatic carbocycles. The first-order valence-corrected chi connectivity index (χ1v) is 14.2. The number of carbonyl (C=O) groups is 1. The molecule has 224 valence electrons. The van der Waals surface area contributed by atoms with Gasteiger partial charge in [-0.25, -0.2) is 13.8 Å². The highest BCUT2D eigenvalue weighted by molar-refractivity contribution is 5.78. The summed E-state index contributed by atoms with van der Waals surface area (Å²) in [5.74, 6) is 0.616. The van der Waals surface area contributed by atoms with Gasteiger partial charge in [0.15, 0.2) is 5.82 Å². The molecule has 0 atom stereocenters. The number of nitrogens with zero attached hydrogens (tertiary/aromatic N) is 6. The van der Waals surface area contributed by atoms with E-state index in [-0.39, 0.29) is 19.3 Å². The first kappa shape index (κ1) is 29.1. The second-order valence-corrected chi connectivity index (χ2v) is 10.3. The van der Waals surface area contributed by atoms with E-state index in [0.717, 1.165) is 38.8 Å². The lowest BCUT2D eigenvalue weighted by atomic mass is 9.98. The van der Waals surface area contributed by atoms with Gasteiger partial charge in [0.2, 0.25) is 17.7 Å². The second kappa shape index (κ2) is 14.0. The number of nitrogens with two attached hydrogens (primary N) is 1. The molecule has 0 radical (unpaired) electrons. The van der Waals surface area contributed by atoms with E-state index in [1.54, 1.807) is 30.3 Å². The topological polar surface area (TPSA) is 121 Å². The van der Waals surface area contributed by atoms with Crippen molar-refractivity contribution in [3.63, 3.8) is 0 Å². The smallest absolute Gasteiger partial charge is 0.296 e. The van der Waals surface area contributed by atoms with E-state index in [1.165, 1.54) is 11.0 Å². The number of benzene rings is 1. The van der Waals surface area contributed by atoms with E-state index in [0.29, 0.717) is 74.7 Å². The molecule has 0 spiro atoms. The summed E-state index contributed by atoms with van der Waals surface area (Å²) in [5.41, 5.74) is 6.08. The number of aromatic nitrogens is 4. The lowest BCUT2D eigenvalue weighted by Gasteiger charge is -2.28. The third-order valence-corrected chi connectivity index (χ3v) is 7.31. The summed E-state index contributed by atoms with van der Waals surface area (Å²) in [6, 6.07) is 8.73. The van der Waals surface area contributed by atoms with Crippen molar-refractivity contribution >= 4 is 22.9 Å². The Hall–Kier alpha value is -3.42. The Morgan fingerprint density at radius 2 is 1.68 bits per heavy atom. The summed E-state index contributed by atoms with van der Waals surface area (Å²) in [6.45, 7) is 5.86. The normalized spacial score (nSPS) is 18.8. The van der Waals surface area contributed by atoms with Gasteiger partial charge < -0.3 is 24.8 Å². The number of morpholine rings is 2. The van der Waals surface area contributed by atoms with Crippen molar-refractivity contribution in [2.45, 2.75) is 44.6 Å². The fourth-order valence-corrected chi connectivity index (χ4v) is 5.25. The highest BCUT2D eigenvalue weighted by Gasteiger charge is 2.25. The van der Waals surface area contributed by atoms with Gasteiger partial charge in [0.05, 0.1) is 44.0 Å². The highest BCUT2D eigenvalue weighted by atomic mass is 19.3. The summed E-state index contributed by atoms with van der Waals surface area (Å²) in [4.78, 5) is 27.8. The van der Waals surface area contributed by atoms with Crippen molar-refractivity contribution in [1.82, 2.24) is 24.4 Å². The van der Waals surface area contributed by atoms with E-state index in [9.17, 15) is 13.6 Å². The van der Waals surface area contributed by atoms with Gasteiger partial charge in [0, 0.05) is 33.7 Å². The Morgan fingerprint density at radius 1 is 1.00 bits per heavy atom. The van der Waals surface area contributed by atoms with Gasteiger partial charge in [-0.1, -0.05) is 18.6 Å². The number of imidazole rings is 1. The molecule has 2 saturated heterocycles. The van der Waals surface area contributed by atoms with Crippen LogP contribution in [0.15, 0.2) is 30.3 Å². The Balaban J connectivity index is 0.000000314. The van der Waals surface area contributed by atoms with Crippen molar-refractivity contribution in [2.75, 3.05) is 64.1 Å².